The average molecular weight is 216 g/mol. The predicted octanol–water partition coefficient (Wildman–Crippen LogP) is 0.939. The third kappa shape index (κ3) is 1.68. The van der Waals surface area contributed by atoms with Gasteiger partial charge in [-0.3, -0.25) is 4.98 Å². The molecule has 58 valence electrons. The monoisotopic (exact) mass is 215 g/mol. The van der Waals surface area contributed by atoms with Crippen molar-refractivity contribution in [2.45, 2.75) is 0 Å². The molecule has 0 aliphatic heterocycles. The van der Waals surface area contributed by atoms with E-state index in [0.717, 1.165) is 0 Å². The Labute approximate surface area is 71.9 Å². The maximum atomic E-state index is 8.31. The Morgan fingerprint density at radius 2 is 2.45 bits per heavy atom. The largest absolute Gasteiger partial charge is 0.409 e. The molecule has 0 aliphatic carbocycles. The Bertz CT molecular complexity index is 287. The fourth-order valence-corrected chi connectivity index (χ4v) is 1.08. The Balaban J connectivity index is 3.14. The van der Waals surface area contributed by atoms with Gasteiger partial charge in [0.1, 0.15) is 5.69 Å². The second kappa shape index (κ2) is 3.34. The van der Waals surface area contributed by atoms with E-state index in [-0.39, 0.29) is 5.84 Å². The summed E-state index contributed by atoms with van der Waals surface area (Å²) in [4.78, 5) is 3.89. The third-order valence-electron chi connectivity index (χ3n) is 1.11. The van der Waals surface area contributed by atoms with Gasteiger partial charge in [0.25, 0.3) is 0 Å². The molecule has 1 heterocycles. The van der Waals surface area contributed by atoms with Gasteiger partial charge in [-0.05, 0) is 28.1 Å². The summed E-state index contributed by atoms with van der Waals surface area (Å²) in [5.41, 5.74) is 5.74. The summed E-state index contributed by atoms with van der Waals surface area (Å²) >= 11 is 3.20. The van der Waals surface area contributed by atoms with E-state index in [1.165, 1.54) is 0 Å². The van der Waals surface area contributed by atoms with Gasteiger partial charge in [-0.1, -0.05) is 5.16 Å². The molecule has 0 radical (unpaired) electrons. The van der Waals surface area contributed by atoms with Gasteiger partial charge in [0.15, 0.2) is 5.84 Å². The first-order chi connectivity index (χ1) is 5.25. The lowest BCUT2D eigenvalue weighted by molar-refractivity contribution is 0.318. The number of nitrogens with zero attached hydrogens (tertiary/aromatic N) is 2. The molecule has 0 spiro atoms. The van der Waals surface area contributed by atoms with Gasteiger partial charge in [-0.2, -0.15) is 0 Å². The number of hydrogen-bond acceptors (Lipinski definition) is 3. The van der Waals surface area contributed by atoms with Crippen LogP contribution >= 0.6 is 15.9 Å². The SMILES string of the molecule is N/C(=N/O)c1ncccc1Br. The van der Waals surface area contributed by atoms with Crippen molar-refractivity contribution in [1.82, 2.24) is 4.98 Å². The zero-order valence-corrected chi connectivity index (χ0v) is 7.12. The summed E-state index contributed by atoms with van der Waals surface area (Å²) in [6.07, 6.45) is 1.57. The molecular weight excluding hydrogens is 210 g/mol. The summed E-state index contributed by atoms with van der Waals surface area (Å²) < 4.78 is 0.704. The average Bonchev–Trinajstić information content (AvgIpc) is 2.04. The minimum atomic E-state index is -0.00234. The lowest BCUT2D eigenvalue weighted by atomic mass is 10.3. The number of aromatic nitrogens is 1. The summed E-state index contributed by atoms with van der Waals surface area (Å²) in [7, 11) is 0. The Hall–Kier alpha value is -1.10. The number of oxime groups is 1. The van der Waals surface area contributed by atoms with Gasteiger partial charge < -0.3 is 10.9 Å². The highest BCUT2D eigenvalue weighted by Gasteiger charge is 2.03. The molecule has 1 aromatic rings. The second-order valence-corrected chi connectivity index (χ2v) is 2.67. The van der Waals surface area contributed by atoms with Crippen LogP contribution in [0.4, 0.5) is 0 Å². The predicted molar refractivity (Wildman–Crippen MR) is 44.4 cm³/mol. The lowest BCUT2D eigenvalue weighted by Crippen LogP contribution is -2.15. The zero-order valence-electron chi connectivity index (χ0n) is 5.53. The van der Waals surface area contributed by atoms with Gasteiger partial charge in [0.05, 0.1) is 0 Å². The number of nitrogens with two attached hydrogens (primary N) is 1. The molecule has 0 atom stereocenters. The van der Waals surface area contributed by atoms with Gasteiger partial charge in [0.2, 0.25) is 0 Å². The van der Waals surface area contributed by atoms with Crippen molar-refractivity contribution < 1.29 is 5.21 Å². The molecule has 0 saturated carbocycles. The van der Waals surface area contributed by atoms with Gasteiger partial charge in [-0.15, -0.1) is 0 Å². The molecule has 0 amide bonds. The van der Waals surface area contributed by atoms with Crippen LogP contribution in [0.5, 0.6) is 0 Å². The van der Waals surface area contributed by atoms with E-state index in [4.69, 9.17) is 10.9 Å². The highest BCUT2D eigenvalue weighted by atomic mass is 79.9. The zero-order chi connectivity index (χ0) is 8.27. The molecule has 0 unspecified atom stereocenters. The van der Waals surface area contributed by atoms with Crippen molar-refractivity contribution in [3.8, 4) is 0 Å². The van der Waals surface area contributed by atoms with Gasteiger partial charge in [-0.25, -0.2) is 0 Å². The van der Waals surface area contributed by atoms with E-state index < -0.39 is 0 Å². The van der Waals surface area contributed by atoms with E-state index >= 15 is 0 Å². The first-order valence-electron chi connectivity index (χ1n) is 2.84. The molecule has 0 aromatic carbocycles. The Morgan fingerprint density at radius 3 is 3.00 bits per heavy atom. The Kier molecular flexibility index (Phi) is 2.43. The smallest absolute Gasteiger partial charge is 0.189 e. The molecule has 0 saturated heterocycles. The molecule has 4 nitrogen and oxygen atoms in total. The molecule has 3 N–H and O–H groups in total. The van der Waals surface area contributed by atoms with Crippen LogP contribution in [-0.2, 0) is 0 Å². The maximum absolute atomic E-state index is 8.31. The van der Waals surface area contributed by atoms with Crippen molar-refractivity contribution in [1.29, 1.82) is 0 Å². The van der Waals surface area contributed by atoms with Crippen molar-refractivity contribution in [3.05, 3.63) is 28.5 Å². The van der Waals surface area contributed by atoms with Crippen LogP contribution in [0, 0.1) is 0 Å². The fraction of sp³-hybridized carbons (Fsp3) is 0. The van der Waals surface area contributed by atoms with Crippen molar-refractivity contribution in [3.63, 3.8) is 0 Å². The van der Waals surface area contributed by atoms with Crippen LogP contribution in [-0.4, -0.2) is 16.0 Å². The normalized spacial score (nSPS) is 11.5. The number of halogens is 1. The quantitative estimate of drug-likeness (QED) is 0.317. The summed E-state index contributed by atoms with van der Waals surface area (Å²) in [5, 5.41) is 11.1. The molecule has 5 heteroatoms. The van der Waals surface area contributed by atoms with Crippen LogP contribution in [0.25, 0.3) is 0 Å². The van der Waals surface area contributed by atoms with Crippen LogP contribution < -0.4 is 5.73 Å². The highest BCUT2D eigenvalue weighted by Crippen LogP contribution is 2.12. The van der Waals surface area contributed by atoms with Crippen LogP contribution in [0.2, 0.25) is 0 Å². The van der Waals surface area contributed by atoms with Gasteiger partial charge in [0, 0.05) is 10.7 Å². The third-order valence-corrected chi connectivity index (χ3v) is 1.75. The van der Waals surface area contributed by atoms with E-state index in [2.05, 4.69) is 26.1 Å². The minimum Gasteiger partial charge on any atom is -0.409 e. The standard InChI is InChI=1S/C6H6BrN3O/c7-4-2-1-3-9-5(4)6(8)10-11/h1-3,11H,(H2,8,10). The molecule has 0 bridgehead atoms. The number of pyridine rings is 1. The summed E-state index contributed by atoms with van der Waals surface area (Å²) in [5.74, 6) is -0.00234. The van der Waals surface area contributed by atoms with Crippen molar-refractivity contribution in [2.24, 2.45) is 10.9 Å². The van der Waals surface area contributed by atoms with E-state index in [1.807, 2.05) is 0 Å². The van der Waals surface area contributed by atoms with Gasteiger partial charge >= 0.3 is 0 Å². The molecule has 1 rings (SSSR count). The minimum absolute atomic E-state index is 0.00234. The van der Waals surface area contributed by atoms with Crippen LogP contribution in [0.3, 0.4) is 0 Å². The van der Waals surface area contributed by atoms with E-state index in [0.29, 0.717) is 10.2 Å². The van der Waals surface area contributed by atoms with E-state index in [1.54, 1.807) is 18.3 Å². The second-order valence-electron chi connectivity index (χ2n) is 1.82. The number of rotatable bonds is 1. The molecule has 1 aromatic heterocycles. The van der Waals surface area contributed by atoms with Crippen LogP contribution in [0.15, 0.2) is 28.0 Å². The van der Waals surface area contributed by atoms with Crippen molar-refractivity contribution in [2.75, 3.05) is 0 Å². The first-order valence-corrected chi connectivity index (χ1v) is 3.63. The number of hydrogen-bond donors (Lipinski definition) is 2. The molecule has 0 aliphatic rings. The summed E-state index contributed by atoms with van der Waals surface area (Å²) in [6, 6.07) is 3.51. The molecular formula is C6H6BrN3O. The van der Waals surface area contributed by atoms with E-state index in [9.17, 15) is 0 Å². The first kappa shape index (κ1) is 8.00. The molecule has 11 heavy (non-hydrogen) atoms. The summed E-state index contributed by atoms with van der Waals surface area (Å²) in [6.45, 7) is 0. The fourth-order valence-electron chi connectivity index (χ4n) is 0.622. The number of amidine groups is 1. The van der Waals surface area contributed by atoms with Crippen molar-refractivity contribution >= 4 is 21.8 Å². The lowest BCUT2D eigenvalue weighted by Gasteiger charge is -1.98. The molecule has 0 fully saturated rings. The topological polar surface area (TPSA) is 71.5 Å². The maximum Gasteiger partial charge on any atom is 0.189 e. The Morgan fingerprint density at radius 1 is 1.73 bits per heavy atom. The highest BCUT2D eigenvalue weighted by molar-refractivity contribution is 9.10. The van der Waals surface area contributed by atoms with Crippen LogP contribution in [0.1, 0.15) is 5.69 Å².